The van der Waals surface area contributed by atoms with Crippen LogP contribution in [0.1, 0.15) is 0 Å². The van der Waals surface area contributed by atoms with Crippen LogP contribution in [-0.4, -0.2) is 9.55 Å². The molecule has 0 aliphatic heterocycles. The maximum Gasteiger partial charge on any atom is 0.189 e. The van der Waals surface area contributed by atoms with Crippen molar-refractivity contribution in [3.05, 3.63) is 187 Å². The first-order valence-corrected chi connectivity index (χ1v) is 17.9. The molecule has 0 saturated carbocycles. The van der Waals surface area contributed by atoms with Crippen LogP contribution >= 0.6 is 0 Å². The molecule has 0 spiro atoms. The Morgan fingerprint density at radius 1 is 0.434 bits per heavy atom. The summed E-state index contributed by atoms with van der Waals surface area (Å²) in [6.45, 7) is 7.67. The molecule has 0 saturated heterocycles. The first kappa shape index (κ1) is 29.5. The lowest BCUT2D eigenvalue weighted by atomic mass is 9.88. The van der Waals surface area contributed by atoms with Gasteiger partial charge in [0.25, 0.3) is 0 Å². The number of pyridine rings is 1. The average Bonchev–Trinajstić information content (AvgIpc) is 3.55. The van der Waals surface area contributed by atoms with Gasteiger partial charge in [-0.15, -0.1) is 0 Å². The van der Waals surface area contributed by atoms with Crippen LogP contribution < -0.4 is 0 Å². The van der Waals surface area contributed by atoms with Gasteiger partial charge in [0.2, 0.25) is 0 Å². The highest BCUT2D eigenvalue weighted by Gasteiger charge is 2.17. The maximum absolute atomic E-state index is 7.67. The largest absolute Gasteiger partial charge is 0.310 e. The molecule has 0 unspecified atom stereocenters. The molecule has 0 aliphatic carbocycles. The van der Waals surface area contributed by atoms with Crippen molar-refractivity contribution in [2.45, 2.75) is 0 Å². The smallest absolute Gasteiger partial charge is 0.189 e. The second-order valence-corrected chi connectivity index (χ2v) is 13.9. The van der Waals surface area contributed by atoms with Gasteiger partial charge in [0.1, 0.15) is 0 Å². The molecule has 0 bridgehead atoms. The zero-order valence-corrected chi connectivity index (χ0v) is 28.6. The van der Waals surface area contributed by atoms with E-state index < -0.39 is 0 Å². The number of para-hydroxylation sites is 1. The summed E-state index contributed by atoms with van der Waals surface area (Å²) < 4.78 is 2.29. The molecule has 0 aliphatic rings. The number of rotatable bonds is 4. The molecule has 53 heavy (non-hydrogen) atoms. The van der Waals surface area contributed by atoms with Crippen molar-refractivity contribution in [3.63, 3.8) is 0 Å². The fourth-order valence-corrected chi connectivity index (χ4v) is 8.58. The lowest BCUT2D eigenvalue weighted by Gasteiger charge is -2.16. The van der Waals surface area contributed by atoms with Crippen LogP contribution in [0.2, 0.25) is 0 Å². The first-order valence-electron chi connectivity index (χ1n) is 17.9. The van der Waals surface area contributed by atoms with Gasteiger partial charge in [-0.3, -0.25) is 4.98 Å². The van der Waals surface area contributed by atoms with Gasteiger partial charge < -0.3 is 4.57 Å². The number of hydrogen-bond acceptors (Lipinski definition) is 1. The fourth-order valence-electron chi connectivity index (χ4n) is 8.58. The SMILES string of the molecule is [C-]#[N+]c1ccc2c3ccc(-c4ccc(-c5cc6ccc7cc(-c8ccccn8)cc8ccc(c5)c6c78)c5ccccc45)cc3n(-c3ccccc3)c2c1. The first-order chi connectivity index (χ1) is 26.2. The van der Waals surface area contributed by atoms with Gasteiger partial charge in [0, 0.05) is 33.7 Å². The summed E-state index contributed by atoms with van der Waals surface area (Å²) in [7, 11) is 0. The predicted molar refractivity (Wildman–Crippen MR) is 222 cm³/mol. The third-order valence-corrected chi connectivity index (χ3v) is 10.9. The number of nitrogens with zero attached hydrogens (tertiary/aromatic N) is 3. The number of fused-ring (bicyclic) bond motifs is 4. The monoisotopic (exact) mass is 671 g/mol. The highest BCUT2D eigenvalue weighted by Crippen LogP contribution is 2.43. The minimum Gasteiger partial charge on any atom is -0.310 e. The normalized spacial score (nSPS) is 11.8. The molecule has 0 atom stereocenters. The molecule has 3 nitrogen and oxygen atoms in total. The van der Waals surface area contributed by atoms with Crippen LogP contribution in [-0.2, 0) is 0 Å². The second kappa shape index (κ2) is 11.4. The van der Waals surface area contributed by atoms with E-state index in [-0.39, 0.29) is 0 Å². The van der Waals surface area contributed by atoms with Crippen LogP contribution in [0, 0.1) is 6.57 Å². The van der Waals surface area contributed by atoms with Gasteiger partial charge in [-0.1, -0.05) is 109 Å². The molecule has 2 heterocycles. The quantitative estimate of drug-likeness (QED) is 0.135. The molecule has 244 valence electrons. The van der Waals surface area contributed by atoms with Crippen LogP contribution in [0.25, 0.3) is 109 Å². The Hall–Kier alpha value is -7.28. The van der Waals surface area contributed by atoms with Gasteiger partial charge in [0.15, 0.2) is 5.69 Å². The highest BCUT2D eigenvalue weighted by atomic mass is 15.0. The molecule has 0 amide bonds. The zero-order chi connectivity index (χ0) is 35.0. The molecule has 3 heteroatoms. The average molecular weight is 672 g/mol. The predicted octanol–water partition coefficient (Wildman–Crippen LogP) is 13.8. The third kappa shape index (κ3) is 4.50. The van der Waals surface area contributed by atoms with Crippen LogP contribution in [0.15, 0.2) is 176 Å². The van der Waals surface area contributed by atoms with Crippen molar-refractivity contribution in [1.29, 1.82) is 0 Å². The van der Waals surface area contributed by atoms with Crippen molar-refractivity contribution in [2.75, 3.05) is 0 Å². The second-order valence-electron chi connectivity index (χ2n) is 13.9. The van der Waals surface area contributed by atoms with E-state index in [4.69, 9.17) is 6.57 Å². The van der Waals surface area contributed by atoms with Crippen molar-refractivity contribution >= 4 is 70.6 Å². The maximum atomic E-state index is 7.67. The summed E-state index contributed by atoms with van der Waals surface area (Å²) in [6, 6.07) is 61.0. The molecular weight excluding hydrogens is 643 g/mol. The molecule has 0 radical (unpaired) electrons. The van der Waals surface area contributed by atoms with E-state index in [2.05, 4.69) is 154 Å². The van der Waals surface area contributed by atoms with Crippen LogP contribution in [0.4, 0.5) is 5.69 Å². The Morgan fingerprint density at radius 2 is 1.00 bits per heavy atom. The minimum atomic E-state index is 0.640. The lowest BCUT2D eigenvalue weighted by Crippen LogP contribution is -1.93. The Morgan fingerprint density at radius 3 is 1.62 bits per heavy atom. The van der Waals surface area contributed by atoms with E-state index >= 15 is 0 Å². The molecular formula is C50H29N3. The Bertz CT molecular complexity index is 3210. The lowest BCUT2D eigenvalue weighted by molar-refractivity contribution is 1.18. The van der Waals surface area contributed by atoms with Gasteiger partial charge in [0.05, 0.1) is 17.8 Å². The van der Waals surface area contributed by atoms with Crippen molar-refractivity contribution < 1.29 is 0 Å². The highest BCUT2D eigenvalue weighted by molar-refractivity contribution is 6.25. The molecule has 9 aromatic carbocycles. The Kier molecular flexibility index (Phi) is 6.32. The van der Waals surface area contributed by atoms with E-state index in [0.717, 1.165) is 38.9 Å². The van der Waals surface area contributed by atoms with Crippen LogP contribution in [0.3, 0.4) is 0 Å². The van der Waals surface area contributed by atoms with E-state index in [0.29, 0.717) is 5.69 Å². The van der Waals surface area contributed by atoms with E-state index in [9.17, 15) is 0 Å². The van der Waals surface area contributed by atoms with Gasteiger partial charge in [-0.05, 0) is 126 Å². The molecule has 11 rings (SSSR count). The van der Waals surface area contributed by atoms with E-state index in [1.165, 1.54) is 65.2 Å². The van der Waals surface area contributed by atoms with E-state index in [1.807, 2.05) is 36.5 Å². The van der Waals surface area contributed by atoms with E-state index in [1.54, 1.807) is 0 Å². The summed E-state index contributed by atoms with van der Waals surface area (Å²) in [5.41, 5.74) is 10.8. The minimum absolute atomic E-state index is 0.640. The molecule has 0 fully saturated rings. The standard InChI is InChI=1S/C50H29N3/c1-51-38-19-21-45-44-20-18-31(29-47(44)53(48(45)30-38)39-9-3-2-4-10-39)40-22-23-41(43-12-6-5-11-42(40)43)36-25-32-14-16-34-27-37(46-13-7-8-24-52-46)28-35-17-15-33(26-36)49(32)50(34)35/h2-30H. The zero-order valence-electron chi connectivity index (χ0n) is 28.6. The Balaban J connectivity index is 1.08. The summed E-state index contributed by atoms with van der Waals surface area (Å²) >= 11 is 0. The Labute approximate surface area is 305 Å². The van der Waals surface area contributed by atoms with Gasteiger partial charge in [-0.25, -0.2) is 4.85 Å². The van der Waals surface area contributed by atoms with Gasteiger partial charge in [-0.2, -0.15) is 0 Å². The summed E-state index contributed by atoms with van der Waals surface area (Å²) in [6.07, 6.45) is 1.86. The summed E-state index contributed by atoms with van der Waals surface area (Å²) in [5.74, 6) is 0. The molecule has 0 N–H and O–H groups in total. The van der Waals surface area contributed by atoms with Gasteiger partial charge >= 0.3 is 0 Å². The summed E-state index contributed by atoms with van der Waals surface area (Å²) in [5, 5.41) is 12.3. The number of hydrogen-bond donors (Lipinski definition) is 0. The molecule has 2 aromatic heterocycles. The topological polar surface area (TPSA) is 22.2 Å². The van der Waals surface area contributed by atoms with Crippen molar-refractivity contribution in [3.8, 4) is 39.2 Å². The molecule has 11 aromatic rings. The van der Waals surface area contributed by atoms with Crippen molar-refractivity contribution in [1.82, 2.24) is 9.55 Å². The van der Waals surface area contributed by atoms with Crippen molar-refractivity contribution in [2.24, 2.45) is 0 Å². The fraction of sp³-hybridized carbons (Fsp3) is 0. The summed E-state index contributed by atoms with van der Waals surface area (Å²) in [4.78, 5) is 8.36. The number of aromatic nitrogens is 2. The number of benzene rings is 9. The van der Waals surface area contributed by atoms with Crippen LogP contribution in [0.5, 0.6) is 0 Å². The third-order valence-electron chi connectivity index (χ3n) is 10.9.